The van der Waals surface area contributed by atoms with Crippen molar-refractivity contribution in [2.24, 2.45) is 7.05 Å². The summed E-state index contributed by atoms with van der Waals surface area (Å²) in [6, 6.07) is 10.3. The van der Waals surface area contributed by atoms with Crippen LogP contribution in [0.1, 0.15) is 57.0 Å². The summed E-state index contributed by atoms with van der Waals surface area (Å²) < 4.78 is 13.4. The van der Waals surface area contributed by atoms with E-state index < -0.39 is 29.7 Å². The van der Waals surface area contributed by atoms with Gasteiger partial charge in [0.2, 0.25) is 11.8 Å². The molecule has 3 saturated heterocycles. The van der Waals surface area contributed by atoms with Crippen molar-refractivity contribution in [1.29, 1.82) is 0 Å². The van der Waals surface area contributed by atoms with Gasteiger partial charge in [-0.15, -0.1) is 0 Å². The van der Waals surface area contributed by atoms with Crippen LogP contribution < -0.4 is 25.2 Å². The highest BCUT2D eigenvalue weighted by Crippen LogP contribution is 2.41. The van der Waals surface area contributed by atoms with Gasteiger partial charge in [-0.3, -0.25) is 39.1 Å². The fraction of sp³-hybridized carbons (Fsp3) is 0.351. The smallest absolute Gasteiger partial charge is 0.262 e. The number of carbonyl (C=O) groups excluding carboxylic acids is 4. The van der Waals surface area contributed by atoms with Crippen LogP contribution in [0.4, 0.5) is 5.82 Å². The lowest BCUT2D eigenvalue weighted by Gasteiger charge is -2.40. The van der Waals surface area contributed by atoms with E-state index in [0.29, 0.717) is 36.5 Å². The zero-order valence-electron chi connectivity index (χ0n) is 28.0. The Morgan fingerprint density at radius 1 is 0.880 bits per heavy atom. The number of hydrogen-bond acceptors (Lipinski definition) is 10. The number of ether oxygens (including phenoxy) is 2. The van der Waals surface area contributed by atoms with Crippen molar-refractivity contribution < 1.29 is 28.7 Å². The van der Waals surface area contributed by atoms with Crippen molar-refractivity contribution in [1.82, 2.24) is 24.7 Å². The number of benzene rings is 2. The molecule has 2 aromatic heterocycles. The molecule has 0 spiro atoms. The highest BCUT2D eigenvalue weighted by molar-refractivity contribution is 6.23. The average Bonchev–Trinajstić information content (AvgIpc) is 3.31. The summed E-state index contributed by atoms with van der Waals surface area (Å²) in [5.41, 5.74) is 4.01. The largest absolute Gasteiger partial charge is 0.496 e. The fourth-order valence-electron chi connectivity index (χ4n) is 7.47. The molecule has 4 amide bonds. The summed E-state index contributed by atoms with van der Waals surface area (Å²) in [4.78, 5) is 73.6. The number of piperidine rings is 1. The Morgan fingerprint density at radius 2 is 1.60 bits per heavy atom. The van der Waals surface area contributed by atoms with E-state index in [0.717, 1.165) is 57.9 Å². The summed E-state index contributed by atoms with van der Waals surface area (Å²) in [5.74, 6) is 0.268. The highest BCUT2D eigenvalue weighted by Gasteiger charge is 2.45. The van der Waals surface area contributed by atoms with Crippen LogP contribution in [-0.4, -0.2) is 89.4 Å². The molecule has 4 aliphatic heterocycles. The minimum absolute atomic E-state index is 0.0762. The number of aromatic nitrogens is 2. The van der Waals surface area contributed by atoms with Crippen molar-refractivity contribution in [3.63, 3.8) is 0 Å². The first kappa shape index (κ1) is 31.7. The number of pyridine rings is 2. The Morgan fingerprint density at radius 3 is 2.26 bits per heavy atom. The lowest BCUT2D eigenvalue weighted by Crippen LogP contribution is -2.54. The summed E-state index contributed by atoms with van der Waals surface area (Å²) in [7, 11) is 5.00. The Bertz CT molecular complexity index is 2160. The van der Waals surface area contributed by atoms with Gasteiger partial charge in [-0.05, 0) is 54.3 Å². The van der Waals surface area contributed by atoms with Crippen LogP contribution in [-0.2, 0) is 23.2 Å². The van der Waals surface area contributed by atoms with E-state index in [1.165, 1.54) is 0 Å². The third-order valence-electron chi connectivity index (χ3n) is 10.4. The molecule has 4 aliphatic rings. The molecule has 1 atom stereocenters. The number of anilines is 1. The van der Waals surface area contributed by atoms with E-state index in [-0.39, 0.29) is 35.4 Å². The fourth-order valence-corrected chi connectivity index (χ4v) is 7.47. The molecule has 1 unspecified atom stereocenters. The Kier molecular flexibility index (Phi) is 7.66. The maximum absolute atomic E-state index is 13.3. The topological polar surface area (TPSA) is 143 Å². The minimum atomic E-state index is -0.994. The molecule has 0 bridgehead atoms. The molecular formula is C37H36N6O7. The van der Waals surface area contributed by atoms with Gasteiger partial charge in [-0.1, -0.05) is 6.07 Å². The van der Waals surface area contributed by atoms with Gasteiger partial charge in [0.05, 0.1) is 36.3 Å². The monoisotopic (exact) mass is 676 g/mol. The standard InChI is InChI=1S/C37H36N6O7/c1-40-18-27(24-14-32(42-9-4-10-42)38-15-26(24)35(40)46)21-12-30(49-2)28(31(13-21)50-3)19-41-16-22(17-41)20-5-6-23-25(11-20)37(48)43(36(23)47)29-7-8-33(44)39-34(29)45/h5-6,11-15,18,22,29H,4,7-10,16-17,19H2,1-3H3,(H,39,44,45). The maximum atomic E-state index is 13.3. The zero-order chi connectivity index (χ0) is 34.8. The van der Waals surface area contributed by atoms with E-state index >= 15 is 0 Å². The molecule has 6 heterocycles. The zero-order valence-corrected chi connectivity index (χ0v) is 28.0. The number of methoxy groups -OCH3 is 2. The first-order valence-electron chi connectivity index (χ1n) is 16.7. The van der Waals surface area contributed by atoms with E-state index in [1.807, 2.05) is 30.5 Å². The van der Waals surface area contributed by atoms with Gasteiger partial charge in [0, 0.05) is 75.5 Å². The molecule has 3 fully saturated rings. The minimum Gasteiger partial charge on any atom is -0.496 e. The summed E-state index contributed by atoms with van der Waals surface area (Å²) in [5, 5.41) is 3.60. The molecule has 1 N–H and O–H groups in total. The molecule has 13 heteroatoms. The lowest BCUT2D eigenvalue weighted by atomic mass is 9.89. The summed E-state index contributed by atoms with van der Waals surface area (Å²) in [6.45, 7) is 3.87. The lowest BCUT2D eigenvalue weighted by molar-refractivity contribution is -0.136. The van der Waals surface area contributed by atoms with Gasteiger partial charge in [0.25, 0.3) is 17.4 Å². The Hall–Kier alpha value is -5.56. The number of likely N-dealkylation sites (tertiary alicyclic amines) is 1. The third kappa shape index (κ3) is 5.11. The maximum Gasteiger partial charge on any atom is 0.262 e. The van der Waals surface area contributed by atoms with Crippen molar-refractivity contribution in [3.05, 3.63) is 81.4 Å². The van der Waals surface area contributed by atoms with Crippen molar-refractivity contribution in [2.75, 3.05) is 45.3 Å². The van der Waals surface area contributed by atoms with Crippen molar-refractivity contribution in [3.8, 4) is 22.6 Å². The molecule has 4 aromatic rings. The highest BCUT2D eigenvalue weighted by atomic mass is 16.5. The van der Waals surface area contributed by atoms with Gasteiger partial charge in [0.1, 0.15) is 23.4 Å². The van der Waals surface area contributed by atoms with Crippen LogP contribution in [0.25, 0.3) is 21.9 Å². The van der Waals surface area contributed by atoms with E-state index in [4.69, 9.17) is 9.47 Å². The number of rotatable bonds is 8. The number of aryl methyl sites for hydroxylation is 1. The average molecular weight is 677 g/mol. The number of hydrogen-bond donors (Lipinski definition) is 1. The van der Waals surface area contributed by atoms with Crippen LogP contribution in [0.2, 0.25) is 0 Å². The molecule has 2 aromatic carbocycles. The van der Waals surface area contributed by atoms with Gasteiger partial charge >= 0.3 is 0 Å². The summed E-state index contributed by atoms with van der Waals surface area (Å²) >= 11 is 0. The molecule has 13 nitrogen and oxygen atoms in total. The molecule has 8 rings (SSSR count). The predicted octanol–water partition coefficient (Wildman–Crippen LogP) is 2.83. The number of nitrogens with one attached hydrogen (secondary N) is 1. The summed E-state index contributed by atoms with van der Waals surface area (Å²) in [6.07, 6.45) is 4.83. The van der Waals surface area contributed by atoms with Crippen LogP contribution in [0.3, 0.4) is 0 Å². The molecule has 50 heavy (non-hydrogen) atoms. The van der Waals surface area contributed by atoms with Gasteiger partial charge in [-0.25, -0.2) is 4.98 Å². The van der Waals surface area contributed by atoms with Crippen LogP contribution in [0.5, 0.6) is 11.5 Å². The van der Waals surface area contributed by atoms with Crippen LogP contribution >= 0.6 is 0 Å². The van der Waals surface area contributed by atoms with Crippen molar-refractivity contribution in [2.45, 2.75) is 37.8 Å². The second kappa shape index (κ2) is 12.1. The van der Waals surface area contributed by atoms with Crippen LogP contribution in [0.15, 0.2) is 53.6 Å². The Labute approximate surface area is 287 Å². The number of carbonyl (C=O) groups is 4. The Balaban J connectivity index is 1.02. The first-order valence-corrected chi connectivity index (χ1v) is 16.7. The molecular weight excluding hydrogens is 640 g/mol. The SMILES string of the molecule is COc1cc(-c2cn(C)c(=O)c3cnc(N4CCC4)cc23)cc(OC)c1CN1CC(c2ccc3c(c2)C(=O)N(C2CCC(=O)NC2=O)C3=O)C1. The number of amides is 4. The molecule has 256 valence electrons. The first-order chi connectivity index (χ1) is 24.1. The predicted molar refractivity (Wildman–Crippen MR) is 183 cm³/mol. The van der Waals surface area contributed by atoms with E-state index in [1.54, 1.807) is 44.2 Å². The van der Waals surface area contributed by atoms with Crippen LogP contribution in [0, 0.1) is 0 Å². The van der Waals surface area contributed by atoms with Gasteiger partial charge in [0.15, 0.2) is 0 Å². The third-order valence-corrected chi connectivity index (χ3v) is 10.4. The van der Waals surface area contributed by atoms with Gasteiger partial charge < -0.3 is 18.9 Å². The number of fused-ring (bicyclic) bond motifs is 2. The normalized spacial score (nSPS) is 19.4. The second-order valence-electron chi connectivity index (χ2n) is 13.4. The van der Waals surface area contributed by atoms with Gasteiger partial charge in [-0.2, -0.15) is 0 Å². The molecule has 0 saturated carbocycles. The number of imide groups is 2. The number of nitrogens with zero attached hydrogens (tertiary/aromatic N) is 5. The molecule has 0 aliphatic carbocycles. The van der Waals surface area contributed by atoms with E-state index in [2.05, 4.69) is 20.1 Å². The van der Waals surface area contributed by atoms with Crippen molar-refractivity contribution >= 4 is 40.2 Å². The van der Waals surface area contributed by atoms with E-state index in [9.17, 15) is 24.0 Å². The quantitative estimate of drug-likeness (QED) is 0.277. The molecule has 0 radical (unpaired) electrons. The second-order valence-corrected chi connectivity index (χ2v) is 13.4.